The molecule has 0 bridgehead atoms. The van der Waals surface area contributed by atoms with Gasteiger partial charge in [-0.15, -0.1) is 0 Å². The van der Waals surface area contributed by atoms with Crippen LogP contribution in [0, 0.1) is 0 Å². The molecule has 1 atom stereocenters. The maximum Gasteiger partial charge on any atom is 0.415 e. The van der Waals surface area contributed by atoms with Gasteiger partial charge in [-0.1, -0.05) is 6.92 Å². The maximum atomic E-state index is 12.0. The third kappa shape index (κ3) is 5.73. The molecular weight excluding hydrogens is 218 g/mol. The largest absolute Gasteiger partial charge is 0.415 e. The highest BCUT2D eigenvalue weighted by Gasteiger charge is 2.22. The Morgan fingerprint density at radius 1 is 1.24 bits per heavy atom. The average Bonchev–Trinajstić information content (AvgIpc) is 2.14. The van der Waals surface area contributed by atoms with E-state index in [-0.39, 0.29) is 18.2 Å². The first-order valence-electron chi connectivity index (χ1n) is 6.18. The van der Waals surface area contributed by atoms with Gasteiger partial charge in [0.2, 0.25) is 0 Å². The zero-order valence-electron chi connectivity index (χ0n) is 11.7. The lowest BCUT2D eigenvalue weighted by Gasteiger charge is -2.29. The number of ether oxygens (including phenoxy) is 1. The van der Waals surface area contributed by atoms with Crippen molar-refractivity contribution in [2.24, 2.45) is 0 Å². The number of carbonyl (C=O) groups is 1. The molecule has 1 N–H and O–H groups in total. The van der Waals surface area contributed by atoms with Crippen LogP contribution in [0.15, 0.2) is 11.8 Å². The van der Waals surface area contributed by atoms with Gasteiger partial charge in [-0.05, 0) is 40.7 Å². The van der Waals surface area contributed by atoms with Crippen LogP contribution in [0.3, 0.4) is 0 Å². The van der Waals surface area contributed by atoms with E-state index in [1.165, 1.54) is 0 Å². The van der Waals surface area contributed by atoms with Crippen molar-refractivity contribution in [3.63, 3.8) is 0 Å². The van der Waals surface area contributed by atoms with Gasteiger partial charge in [-0.2, -0.15) is 0 Å². The molecule has 0 aliphatic carbocycles. The Labute approximate surface area is 104 Å². The Bertz CT molecular complexity index is 262. The van der Waals surface area contributed by atoms with Crippen LogP contribution in [0.25, 0.3) is 0 Å². The fourth-order valence-electron chi connectivity index (χ4n) is 1.68. The molecule has 0 aromatic rings. The summed E-state index contributed by atoms with van der Waals surface area (Å²) in [4.78, 5) is 13.6. The van der Waals surface area contributed by atoms with E-state index in [1.807, 2.05) is 34.6 Å². The summed E-state index contributed by atoms with van der Waals surface area (Å²) in [5.74, 6) is 0.510. The predicted molar refractivity (Wildman–Crippen MR) is 68.6 cm³/mol. The lowest BCUT2D eigenvalue weighted by atomic mass is 10.2. The number of nitrogens with zero attached hydrogens (tertiary/aromatic N) is 1. The Morgan fingerprint density at radius 2 is 1.71 bits per heavy atom. The van der Waals surface area contributed by atoms with E-state index in [0.717, 1.165) is 0 Å². The van der Waals surface area contributed by atoms with E-state index < -0.39 is 6.10 Å². The van der Waals surface area contributed by atoms with Crippen molar-refractivity contribution in [3.8, 4) is 0 Å². The normalized spacial score (nSPS) is 14.1. The summed E-state index contributed by atoms with van der Waals surface area (Å²) in [5.41, 5.74) is 0. The van der Waals surface area contributed by atoms with Crippen LogP contribution in [0.5, 0.6) is 0 Å². The number of allylic oxidation sites excluding steroid dienone is 1. The van der Waals surface area contributed by atoms with E-state index >= 15 is 0 Å². The monoisotopic (exact) mass is 243 g/mol. The number of hydrogen-bond donors (Lipinski definition) is 1. The van der Waals surface area contributed by atoms with E-state index in [2.05, 4.69) is 0 Å². The fourth-order valence-corrected chi connectivity index (χ4v) is 1.68. The minimum Gasteiger partial charge on any atom is -0.415 e. The standard InChI is InChI=1S/C13H25NO3/c1-7-12(8-11(6)15)17-13(16)14(9(2)3)10(4)5/h8-11,15H,7H2,1-6H3/b12-8-. The second-order valence-corrected chi connectivity index (χ2v) is 4.69. The average molecular weight is 243 g/mol. The van der Waals surface area contributed by atoms with E-state index in [0.29, 0.717) is 12.2 Å². The number of carbonyl (C=O) groups excluding carboxylic acids is 1. The van der Waals surface area contributed by atoms with Crippen LogP contribution in [0.2, 0.25) is 0 Å². The molecule has 0 spiro atoms. The number of aliphatic hydroxyl groups excluding tert-OH is 1. The van der Waals surface area contributed by atoms with Crippen molar-refractivity contribution in [1.29, 1.82) is 0 Å². The first-order valence-corrected chi connectivity index (χ1v) is 6.18. The van der Waals surface area contributed by atoms with Gasteiger partial charge >= 0.3 is 6.09 Å². The summed E-state index contributed by atoms with van der Waals surface area (Å²) in [5, 5.41) is 9.24. The fraction of sp³-hybridized carbons (Fsp3) is 0.769. The maximum absolute atomic E-state index is 12.0. The molecule has 0 aromatic heterocycles. The van der Waals surface area contributed by atoms with Crippen molar-refractivity contribution < 1.29 is 14.6 Å². The predicted octanol–water partition coefficient (Wildman–Crippen LogP) is 2.92. The van der Waals surface area contributed by atoms with Gasteiger partial charge in [0.1, 0.15) is 5.76 Å². The Kier molecular flexibility index (Phi) is 6.88. The molecule has 0 aliphatic rings. The Balaban J connectivity index is 4.70. The van der Waals surface area contributed by atoms with E-state index in [1.54, 1.807) is 17.9 Å². The van der Waals surface area contributed by atoms with Gasteiger partial charge in [0.15, 0.2) is 0 Å². The Hall–Kier alpha value is -1.03. The van der Waals surface area contributed by atoms with Crippen molar-refractivity contribution in [2.45, 2.75) is 66.2 Å². The SMILES string of the molecule is CC/C(=C/C(C)O)OC(=O)N(C(C)C)C(C)C. The second-order valence-electron chi connectivity index (χ2n) is 4.69. The molecular formula is C13H25NO3. The van der Waals surface area contributed by atoms with Gasteiger partial charge in [0, 0.05) is 18.5 Å². The highest BCUT2D eigenvalue weighted by molar-refractivity contribution is 5.69. The van der Waals surface area contributed by atoms with Crippen LogP contribution in [0.4, 0.5) is 4.79 Å². The molecule has 1 amide bonds. The van der Waals surface area contributed by atoms with Gasteiger partial charge in [-0.3, -0.25) is 0 Å². The van der Waals surface area contributed by atoms with Crippen molar-refractivity contribution in [1.82, 2.24) is 4.90 Å². The highest BCUT2D eigenvalue weighted by atomic mass is 16.6. The molecule has 0 radical (unpaired) electrons. The summed E-state index contributed by atoms with van der Waals surface area (Å²) in [6.45, 7) is 11.3. The quantitative estimate of drug-likeness (QED) is 0.755. The molecule has 100 valence electrons. The second kappa shape index (κ2) is 7.33. The Morgan fingerprint density at radius 3 is 2.00 bits per heavy atom. The molecule has 1 unspecified atom stereocenters. The van der Waals surface area contributed by atoms with Crippen LogP contribution in [-0.4, -0.2) is 34.3 Å². The van der Waals surface area contributed by atoms with Crippen molar-refractivity contribution in [2.75, 3.05) is 0 Å². The molecule has 0 saturated carbocycles. The smallest absolute Gasteiger partial charge is 0.415 e. The summed E-state index contributed by atoms with van der Waals surface area (Å²) in [6, 6.07) is 0.180. The number of aliphatic hydroxyl groups is 1. The van der Waals surface area contributed by atoms with Gasteiger partial charge < -0.3 is 14.7 Å². The van der Waals surface area contributed by atoms with Gasteiger partial charge in [0.05, 0.1) is 6.10 Å². The number of rotatable bonds is 5. The van der Waals surface area contributed by atoms with Crippen LogP contribution < -0.4 is 0 Å². The first kappa shape index (κ1) is 16.0. The van der Waals surface area contributed by atoms with E-state index in [9.17, 15) is 9.90 Å². The van der Waals surface area contributed by atoms with Crippen LogP contribution >= 0.6 is 0 Å². The molecule has 0 aliphatic heterocycles. The third-order valence-electron chi connectivity index (χ3n) is 2.32. The molecule has 0 saturated heterocycles. The highest BCUT2D eigenvalue weighted by Crippen LogP contribution is 2.12. The third-order valence-corrected chi connectivity index (χ3v) is 2.32. The molecule has 0 heterocycles. The summed E-state index contributed by atoms with van der Waals surface area (Å²) in [6.07, 6.45) is 1.17. The van der Waals surface area contributed by atoms with Crippen molar-refractivity contribution in [3.05, 3.63) is 11.8 Å². The van der Waals surface area contributed by atoms with Gasteiger partial charge in [0.25, 0.3) is 0 Å². The van der Waals surface area contributed by atoms with Crippen molar-refractivity contribution >= 4 is 6.09 Å². The van der Waals surface area contributed by atoms with E-state index in [4.69, 9.17) is 4.74 Å². The van der Waals surface area contributed by atoms with Crippen LogP contribution in [0.1, 0.15) is 48.0 Å². The number of hydrogen-bond acceptors (Lipinski definition) is 3. The lowest BCUT2D eigenvalue weighted by molar-refractivity contribution is 0.0983. The molecule has 4 nitrogen and oxygen atoms in total. The zero-order valence-corrected chi connectivity index (χ0v) is 11.7. The first-order chi connectivity index (χ1) is 7.79. The molecule has 4 heteroatoms. The summed E-state index contributed by atoms with van der Waals surface area (Å²) in [7, 11) is 0. The molecule has 0 rings (SSSR count). The summed E-state index contributed by atoms with van der Waals surface area (Å²) < 4.78 is 5.28. The summed E-state index contributed by atoms with van der Waals surface area (Å²) >= 11 is 0. The zero-order chi connectivity index (χ0) is 13.6. The topological polar surface area (TPSA) is 49.8 Å². The molecule has 0 fully saturated rings. The lowest BCUT2D eigenvalue weighted by Crippen LogP contribution is -2.42. The molecule has 17 heavy (non-hydrogen) atoms. The molecule has 0 aromatic carbocycles. The minimum atomic E-state index is -0.607. The number of amides is 1. The van der Waals surface area contributed by atoms with Gasteiger partial charge in [-0.25, -0.2) is 4.79 Å². The van der Waals surface area contributed by atoms with Crippen LogP contribution in [-0.2, 0) is 4.74 Å². The minimum absolute atomic E-state index is 0.0900.